The second-order valence-electron chi connectivity index (χ2n) is 5.06. The summed E-state index contributed by atoms with van der Waals surface area (Å²) in [5, 5.41) is 2.99. The van der Waals surface area contributed by atoms with E-state index >= 15 is 0 Å². The van der Waals surface area contributed by atoms with Crippen molar-refractivity contribution in [3.63, 3.8) is 0 Å². The lowest BCUT2D eigenvalue weighted by atomic mass is 10.1. The summed E-state index contributed by atoms with van der Waals surface area (Å²) in [5.41, 5.74) is 9.60. The zero-order valence-corrected chi connectivity index (χ0v) is 11.3. The van der Waals surface area contributed by atoms with Crippen molar-refractivity contribution >= 4 is 11.7 Å². The van der Waals surface area contributed by atoms with Crippen LogP contribution in [0.1, 0.15) is 39.6 Å². The molecule has 1 aliphatic rings. The maximum absolute atomic E-state index is 12.2. The van der Waals surface area contributed by atoms with E-state index in [1.807, 2.05) is 0 Å². The molecular weight excluding hydrogens is 252 g/mol. The summed E-state index contributed by atoms with van der Waals surface area (Å²) in [7, 11) is 0. The van der Waals surface area contributed by atoms with Crippen molar-refractivity contribution in [1.82, 2.24) is 15.3 Å². The molecular formula is C15H16N4O. The van der Waals surface area contributed by atoms with E-state index in [1.165, 1.54) is 29.1 Å². The number of anilines is 1. The lowest BCUT2D eigenvalue weighted by Crippen LogP contribution is -2.28. The zero-order valence-electron chi connectivity index (χ0n) is 11.3. The minimum absolute atomic E-state index is 0.0273. The Labute approximate surface area is 117 Å². The SMILES string of the molecule is Cc1ccc2c(c1)CC[C@@H]2NC(=O)c1nccnc1N. The van der Waals surface area contributed by atoms with Crippen LogP contribution in [0.25, 0.3) is 0 Å². The highest BCUT2D eigenvalue weighted by Crippen LogP contribution is 2.31. The molecule has 0 fully saturated rings. The van der Waals surface area contributed by atoms with Crippen LogP contribution in [0.15, 0.2) is 30.6 Å². The first-order valence-electron chi connectivity index (χ1n) is 6.62. The van der Waals surface area contributed by atoms with Crippen LogP contribution < -0.4 is 11.1 Å². The number of aromatic nitrogens is 2. The van der Waals surface area contributed by atoms with E-state index < -0.39 is 0 Å². The van der Waals surface area contributed by atoms with Crippen molar-refractivity contribution in [3.8, 4) is 0 Å². The Morgan fingerprint density at radius 1 is 1.35 bits per heavy atom. The summed E-state index contributed by atoms with van der Waals surface area (Å²) in [5.74, 6) is -0.110. The molecule has 0 saturated carbocycles. The quantitative estimate of drug-likeness (QED) is 0.870. The molecule has 0 unspecified atom stereocenters. The molecule has 0 saturated heterocycles. The van der Waals surface area contributed by atoms with Crippen LogP contribution in [0, 0.1) is 6.92 Å². The third kappa shape index (κ3) is 2.22. The smallest absolute Gasteiger partial charge is 0.274 e. The van der Waals surface area contributed by atoms with E-state index in [4.69, 9.17) is 5.73 Å². The van der Waals surface area contributed by atoms with Crippen LogP contribution in [-0.2, 0) is 6.42 Å². The first-order valence-corrected chi connectivity index (χ1v) is 6.62. The Bertz CT molecular complexity index is 669. The van der Waals surface area contributed by atoms with E-state index in [9.17, 15) is 4.79 Å². The summed E-state index contributed by atoms with van der Waals surface area (Å²) in [6.07, 6.45) is 4.83. The number of fused-ring (bicyclic) bond motifs is 1. The van der Waals surface area contributed by atoms with Crippen LogP contribution in [0.3, 0.4) is 0 Å². The number of benzene rings is 1. The number of aryl methyl sites for hydroxylation is 2. The number of nitrogens with two attached hydrogens (primary N) is 1. The van der Waals surface area contributed by atoms with Gasteiger partial charge in [-0.1, -0.05) is 23.8 Å². The summed E-state index contributed by atoms with van der Waals surface area (Å²) in [6.45, 7) is 2.08. The van der Waals surface area contributed by atoms with Crippen molar-refractivity contribution in [3.05, 3.63) is 53.0 Å². The van der Waals surface area contributed by atoms with Crippen molar-refractivity contribution < 1.29 is 4.79 Å². The summed E-state index contributed by atoms with van der Waals surface area (Å²) >= 11 is 0. The van der Waals surface area contributed by atoms with Gasteiger partial charge in [-0.3, -0.25) is 4.79 Å². The molecule has 102 valence electrons. The monoisotopic (exact) mass is 268 g/mol. The maximum Gasteiger partial charge on any atom is 0.274 e. The Kier molecular flexibility index (Phi) is 3.10. The first kappa shape index (κ1) is 12.6. The van der Waals surface area contributed by atoms with Crippen LogP contribution >= 0.6 is 0 Å². The number of nitrogen functional groups attached to an aromatic ring is 1. The van der Waals surface area contributed by atoms with Crippen LogP contribution in [0.5, 0.6) is 0 Å². The highest BCUT2D eigenvalue weighted by Gasteiger charge is 2.25. The van der Waals surface area contributed by atoms with E-state index in [0.29, 0.717) is 0 Å². The van der Waals surface area contributed by atoms with Gasteiger partial charge in [0.1, 0.15) is 0 Å². The molecule has 1 heterocycles. The van der Waals surface area contributed by atoms with Crippen molar-refractivity contribution in [1.29, 1.82) is 0 Å². The normalized spacial score (nSPS) is 16.8. The van der Waals surface area contributed by atoms with Crippen LogP contribution in [0.4, 0.5) is 5.82 Å². The molecule has 0 bridgehead atoms. The lowest BCUT2D eigenvalue weighted by molar-refractivity contribution is 0.0932. The van der Waals surface area contributed by atoms with Gasteiger partial charge in [-0.2, -0.15) is 0 Å². The molecule has 1 amide bonds. The van der Waals surface area contributed by atoms with Gasteiger partial charge in [-0.05, 0) is 30.9 Å². The average molecular weight is 268 g/mol. The fourth-order valence-electron chi connectivity index (χ4n) is 2.65. The number of carbonyl (C=O) groups is 1. The maximum atomic E-state index is 12.2. The van der Waals surface area contributed by atoms with Gasteiger partial charge in [-0.25, -0.2) is 9.97 Å². The number of rotatable bonds is 2. The minimum atomic E-state index is -0.269. The number of nitrogens with zero attached hydrogens (tertiary/aromatic N) is 2. The molecule has 1 aliphatic carbocycles. The predicted octanol–water partition coefficient (Wildman–Crippen LogP) is 1.78. The van der Waals surface area contributed by atoms with Crippen LogP contribution in [-0.4, -0.2) is 15.9 Å². The molecule has 5 heteroatoms. The fraction of sp³-hybridized carbons (Fsp3) is 0.267. The van der Waals surface area contributed by atoms with Gasteiger partial charge < -0.3 is 11.1 Å². The first-order chi connectivity index (χ1) is 9.65. The van der Waals surface area contributed by atoms with E-state index in [1.54, 1.807) is 0 Å². The largest absolute Gasteiger partial charge is 0.382 e. The molecule has 3 N–H and O–H groups in total. The molecule has 0 aliphatic heterocycles. The predicted molar refractivity (Wildman–Crippen MR) is 76.2 cm³/mol. The van der Waals surface area contributed by atoms with Gasteiger partial charge in [0.2, 0.25) is 0 Å². The second-order valence-corrected chi connectivity index (χ2v) is 5.06. The van der Waals surface area contributed by atoms with Crippen LogP contribution in [0.2, 0.25) is 0 Å². The Morgan fingerprint density at radius 2 is 2.15 bits per heavy atom. The lowest BCUT2D eigenvalue weighted by Gasteiger charge is -2.14. The second kappa shape index (κ2) is 4.92. The van der Waals surface area contributed by atoms with E-state index in [0.717, 1.165) is 12.8 Å². The van der Waals surface area contributed by atoms with E-state index in [-0.39, 0.29) is 23.5 Å². The van der Waals surface area contributed by atoms with Crippen molar-refractivity contribution in [2.24, 2.45) is 0 Å². The fourth-order valence-corrected chi connectivity index (χ4v) is 2.65. The standard InChI is InChI=1S/C15H16N4O/c1-9-2-4-11-10(8-9)3-5-12(11)19-15(20)13-14(16)18-7-6-17-13/h2,4,6-8,12H,3,5H2,1H3,(H2,16,18)(H,19,20)/t12-/m0/s1. The van der Waals surface area contributed by atoms with Crippen molar-refractivity contribution in [2.45, 2.75) is 25.8 Å². The summed E-state index contributed by atoms with van der Waals surface area (Å²) in [4.78, 5) is 20.1. The molecule has 3 rings (SSSR count). The summed E-state index contributed by atoms with van der Waals surface area (Å²) < 4.78 is 0. The molecule has 0 spiro atoms. The highest BCUT2D eigenvalue weighted by atomic mass is 16.2. The topological polar surface area (TPSA) is 80.9 Å². The third-order valence-corrected chi connectivity index (χ3v) is 3.62. The molecule has 1 aromatic heterocycles. The Balaban J connectivity index is 1.81. The van der Waals surface area contributed by atoms with Gasteiger partial charge in [0.25, 0.3) is 5.91 Å². The number of hydrogen-bond acceptors (Lipinski definition) is 4. The van der Waals surface area contributed by atoms with Gasteiger partial charge in [-0.15, -0.1) is 0 Å². The molecule has 1 atom stereocenters. The van der Waals surface area contributed by atoms with Gasteiger partial charge >= 0.3 is 0 Å². The van der Waals surface area contributed by atoms with Gasteiger partial charge in [0.05, 0.1) is 6.04 Å². The van der Waals surface area contributed by atoms with Crippen molar-refractivity contribution in [2.75, 3.05) is 5.73 Å². The molecule has 2 aromatic rings. The molecule has 20 heavy (non-hydrogen) atoms. The van der Waals surface area contributed by atoms with E-state index in [2.05, 4.69) is 40.4 Å². The molecule has 5 nitrogen and oxygen atoms in total. The number of carbonyl (C=O) groups excluding carboxylic acids is 1. The van der Waals surface area contributed by atoms with Gasteiger partial charge in [0.15, 0.2) is 11.5 Å². The van der Waals surface area contributed by atoms with Gasteiger partial charge in [0, 0.05) is 12.4 Å². The zero-order chi connectivity index (χ0) is 14.1. The summed E-state index contributed by atoms with van der Waals surface area (Å²) in [6, 6.07) is 6.36. The molecule has 1 aromatic carbocycles. The number of amides is 1. The Hall–Kier alpha value is -2.43. The number of hydrogen-bond donors (Lipinski definition) is 2. The number of nitrogens with one attached hydrogen (secondary N) is 1. The highest BCUT2D eigenvalue weighted by molar-refractivity contribution is 5.96. The minimum Gasteiger partial charge on any atom is -0.382 e. The average Bonchev–Trinajstić information content (AvgIpc) is 2.81. The Morgan fingerprint density at radius 3 is 2.95 bits per heavy atom. The third-order valence-electron chi connectivity index (χ3n) is 3.62. The molecule has 0 radical (unpaired) electrons.